The van der Waals surface area contributed by atoms with Crippen LogP contribution in [0.1, 0.15) is 48.7 Å². The Balaban J connectivity index is 1.36. The molecule has 1 aliphatic carbocycles. The number of amides is 1. The molecular formula is C23H29FN6O. The number of aromatic amines is 1. The van der Waals surface area contributed by atoms with Crippen molar-refractivity contribution in [3.05, 3.63) is 35.3 Å². The number of amidine groups is 1. The van der Waals surface area contributed by atoms with Crippen LogP contribution in [0.5, 0.6) is 0 Å². The van der Waals surface area contributed by atoms with Crippen molar-refractivity contribution in [3.63, 3.8) is 0 Å². The summed E-state index contributed by atoms with van der Waals surface area (Å²) >= 11 is 0. The fraction of sp³-hybridized carbons (Fsp3) is 0.522. The maximum Gasteiger partial charge on any atom is 0.267 e. The third kappa shape index (κ3) is 4.57. The van der Waals surface area contributed by atoms with Crippen molar-refractivity contribution in [1.82, 2.24) is 20.1 Å². The number of aliphatic imine (C=N–C) groups is 1. The van der Waals surface area contributed by atoms with Crippen LogP contribution in [0.2, 0.25) is 0 Å². The van der Waals surface area contributed by atoms with E-state index in [1.165, 1.54) is 6.07 Å². The lowest BCUT2D eigenvalue weighted by Gasteiger charge is -2.42. The largest absolute Gasteiger partial charge is 0.357 e. The fourth-order valence-electron chi connectivity index (χ4n) is 4.89. The first-order valence-corrected chi connectivity index (χ1v) is 11.0. The van der Waals surface area contributed by atoms with Gasteiger partial charge in [0, 0.05) is 43.6 Å². The van der Waals surface area contributed by atoms with Gasteiger partial charge in [-0.05, 0) is 57.2 Å². The van der Waals surface area contributed by atoms with E-state index in [1.54, 1.807) is 12.1 Å². The number of hydrogen-bond donors (Lipinski definition) is 2. The quantitative estimate of drug-likeness (QED) is 0.450. The molecule has 2 fully saturated rings. The molecule has 0 bridgehead atoms. The van der Waals surface area contributed by atoms with Gasteiger partial charge in [-0.15, -0.1) is 0 Å². The highest BCUT2D eigenvalue weighted by Gasteiger charge is 2.30. The first kappa shape index (κ1) is 21.3. The third-order valence-electron chi connectivity index (χ3n) is 6.68. The highest BCUT2D eigenvalue weighted by atomic mass is 19.1. The van der Waals surface area contributed by atoms with Crippen LogP contribution in [-0.4, -0.2) is 64.8 Å². The summed E-state index contributed by atoms with van der Waals surface area (Å²) in [6.45, 7) is 7.38. The van der Waals surface area contributed by atoms with Crippen LogP contribution in [0.25, 0.3) is 10.9 Å². The minimum atomic E-state index is -0.317. The van der Waals surface area contributed by atoms with Crippen LogP contribution in [-0.2, 0) is 0 Å². The van der Waals surface area contributed by atoms with Crippen LogP contribution >= 0.6 is 0 Å². The van der Waals surface area contributed by atoms with E-state index in [4.69, 9.17) is 5.26 Å². The first-order valence-electron chi connectivity index (χ1n) is 11.0. The normalized spacial score (nSPS) is 23.0. The predicted molar refractivity (Wildman–Crippen MR) is 118 cm³/mol. The fourth-order valence-corrected chi connectivity index (χ4v) is 4.89. The minimum absolute atomic E-state index is 0.114. The van der Waals surface area contributed by atoms with Crippen LogP contribution in [0, 0.1) is 24.2 Å². The van der Waals surface area contributed by atoms with E-state index >= 15 is 0 Å². The topological polar surface area (TPSA) is 87.5 Å². The molecular weight excluding hydrogens is 395 g/mol. The average molecular weight is 425 g/mol. The number of H-pyrrole nitrogens is 1. The van der Waals surface area contributed by atoms with Crippen LogP contribution in [0.4, 0.5) is 4.39 Å². The Morgan fingerprint density at radius 2 is 2.06 bits per heavy atom. The number of nitrogens with one attached hydrogen (secondary N) is 2. The molecule has 2 heterocycles. The summed E-state index contributed by atoms with van der Waals surface area (Å²) in [6, 6.07) is 5.32. The molecule has 1 saturated carbocycles. The van der Waals surface area contributed by atoms with Crippen molar-refractivity contribution >= 4 is 22.6 Å². The SMILES string of the molecule is C/C(=N\C#N)N1CCN([C@@H]2CCC[C@@H](NC(=O)c3cc4c(F)ccc(C)c4[nH]3)C2)CC1. The molecule has 2 N–H and O–H groups in total. The zero-order chi connectivity index (χ0) is 22.0. The maximum absolute atomic E-state index is 14.1. The van der Waals surface area contributed by atoms with Gasteiger partial charge < -0.3 is 15.2 Å². The zero-order valence-corrected chi connectivity index (χ0v) is 18.1. The Labute approximate surface area is 181 Å². The summed E-state index contributed by atoms with van der Waals surface area (Å²) in [6.07, 6.45) is 5.95. The van der Waals surface area contributed by atoms with Gasteiger partial charge in [-0.3, -0.25) is 9.69 Å². The summed E-state index contributed by atoms with van der Waals surface area (Å²) in [5.41, 5.74) is 2.01. The number of halogens is 1. The van der Waals surface area contributed by atoms with Crippen LogP contribution < -0.4 is 5.32 Å². The minimum Gasteiger partial charge on any atom is -0.357 e. The summed E-state index contributed by atoms with van der Waals surface area (Å²) in [4.78, 5) is 24.4. The monoisotopic (exact) mass is 424 g/mol. The second-order valence-corrected chi connectivity index (χ2v) is 8.61. The molecule has 1 saturated heterocycles. The maximum atomic E-state index is 14.1. The molecule has 1 amide bonds. The molecule has 2 aromatic rings. The molecule has 2 aliphatic rings. The number of rotatable bonds is 3. The Kier molecular flexibility index (Phi) is 6.23. The molecule has 2 atom stereocenters. The number of nitriles is 1. The number of aryl methyl sites for hydroxylation is 1. The number of benzene rings is 1. The van der Waals surface area contributed by atoms with Crippen molar-refractivity contribution in [3.8, 4) is 6.19 Å². The standard InChI is InChI=1S/C23H29FN6O/c1-15-6-7-20(24)19-13-21(28-22(15)19)23(31)27-17-4-3-5-18(12-17)30-10-8-29(9-11-30)16(2)26-14-25/h6-7,13,17-18,28H,3-5,8-12H2,1-2H3,(H,27,31)/b26-16+/t17-,18-/m1/s1. The lowest BCUT2D eigenvalue weighted by molar-refractivity contribution is 0.0823. The second-order valence-electron chi connectivity index (χ2n) is 8.61. The molecule has 8 heteroatoms. The highest BCUT2D eigenvalue weighted by Crippen LogP contribution is 2.26. The number of nitrogens with zero attached hydrogens (tertiary/aromatic N) is 4. The average Bonchev–Trinajstić information content (AvgIpc) is 3.24. The molecule has 164 valence electrons. The van der Waals surface area contributed by atoms with Gasteiger partial charge in [0.2, 0.25) is 6.19 Å². The number of fused-ring (bicyclic) bond motifs is 1. The molecule has 31 heavy (non-hydrogen) atoms. The lowest BCUT2D eigenvalue weighted by Crippen LogP contribution is -2.54. The van der Waals surface area contributed by atoms with Crippen molar-refractivity contribution in [2.75, 3.05) is 26.2 Å². The Hall–Kier alpha value is -2.92. The van der Waals surface area contributed by atoms with Gasteiger partial charge in [-0.2, -0.15) is 10.3 Å². The number of carbonyl (C=O) groups is 1. The van der Waals surface area contributed by atoms with Gasteiger partial charge in [0.1, 0.15) is 17.3 Å². The van der Waals surface area contributed by atoms with Gasteiger partial charge in [0.05, 0.1) is 5.52 Å². The smallest absolute Gasteiger partial charge is 0.267 e. The van der Waals surface area contributed by atoms with E-state index in [0.29, 0.717) is 22.6 Å². The molecule has 1 aromatic carbocycles. The Morgan fingerprint density at radius 3 is 2.77 bits per heavy atom. The van der Waals surface area contributed by atoms with Gasteiger partial charge in [-0.25, -0.2) is 4.39 Å². The Bertz CT molecular complexity index is 992. The number of piperazine rings is 1. The van der Waals surface area contributed by atoms with Gasteiger partial charge in [0.15, 0.2) is 0 Å². The lowest BCUT2D eigenvalue weighted by atomic mass is 9.89. The van der Waals surface area contributed by atoms with E-state index < -0.39 is 0 Å². The van der Waals surface area contributed by atoms with Crippen molar-refractivity contribution in [2.45, 2.75) is 51.6 Å². The van der Waals surface area contributed by atoms with E-state index in [2.05, 4.69) is 25.1 Å². The molecule has 0 spiro atoms. The van der Waals surface area contributed by atoms with Crippen molar-refractivity contribution < 1.29 is 9.18 Å². The summed E-state index contributed by atoms with van der Waals surface area (Å²) in [7, 11) is 0. The third-order valence-corrected chi connectivity index (χ3v) is 6.68. The van der Waals surface area contributed by atoms with E-state index in [0.717, 1.165) is 63.3 Å². The molecule has 1 aliphatic heterocycles. The number of carbonyl (C=O) groups excluding carboxylic acids is 1. The van der Waals surface area contributed by atoms with Gasteiger partial charge in [0.25, 0.3) is 5.91 Å². The predicted octanol–water partition coefficient (Wildman–Crippen LogP) is 3.17. The van der Waals surface area contributed by atoms with Gasteiger partial charge in [-0.1, -0.05) is 6.07 Å². The van der Waals surface area contributed by atoms with E-state index in [-0.39, 0.29) is 17.8 Å². The summed E-state index contributed by atoms with van der Waals surface area (Å²) < 4.78 is 14.1. The number of hydrogen-bond acceptors (Lipinski definition) is 4. The highest BCUT2D eigenvalue weighted by molar-refractivity contribution is 5.99. The van der Waals surface area contributed by atoms with Crippen molar-refractivity contribution in [1.29, 1.82) is 5.26 Å². The molecule has 7 nitrogen and oxygen atoms in total. The molecule has 0 radical (unpaired) electrons. The van der Waals surface area contributed by atoms with Crippen LogP contribution in [0.15, 0.2) is 23.2 Å². The van der Waals surface area contributed by atoms with Gasteiger partial charge >= 0.3 is 0 Å². The molecule has 1 aromatic heterocycles. The molecule has 4 rings (SSSR count). The van der Waals surface area contributed by atoms with E-state index in [9.17, 15) is 9.18 Å². The molecule has 0 unspecified atom stereocenters. The summed E-state index contributed by atoms with van der Waals surface area (Å²) in [5, 5.41) is 12.4. The van der Waals surface area contributed by atoms with Crippen LogP contribution in [0.3, 0.4) is 0 Å². The zero-order valence-electron chi connectivity index (χ0n) is 18.1. The second kappa shape index (κ2) is 9.06. The Morgan fingerprint density at radius 1 is 1.29 bits per heavy atom. The van der Waals surface area contributed by atoms with E-state index in [1.807, 2.05) is 20.0 Å². The summed E-state index contributed by atoms with van der Waals surface area (Å²) in [5.74, 6) is 0.289. The first-order chi connectivity index (χ1) is 15.0. The number of aromatic nitrogens is 1. The van der Waals surface area contributed by atoms with Crippen molar-refractivity contribution in [2.24, 2.45) is 4.99 Å².